The summed E-state index contributed by atoms with van der Waals surface area (Å²) < 4.78 is 60.5. The standard InChI is InChI=1S/C33H40F3N7O8/c1-32(2,3)51-31(47)40-24(27(45)46)18-37-26(44)23-13-10-21-16-25(23)49-15-7-5-4-6-14-48-22-11-8-20(9-12-22)17-38-28-41-29(39-21)43-30(42-28)50-19-33(34,35)36/h8-13,16,24H,4-7,14-15,17-19H2,1-3H3,(H,37,44)(H,40,47)(H,45,46)(H2,38,39,41,42,43). The summed E-state index contributed by atoms with van der Waals surface area (Å²) in [5.74, 6) is -1.54. The van der Waals surface area contributed by atoms with Gasteiger partial charge in [-0.05, 0) is 76.3 Å². The van der Waals surface area contributed by atoms with E-state index < -0.39 is 55.0 Å². The van der Waals surface area contributed by atoms with Crippen molar-refractivity contribution < 1.29 is 51.6 Å². The summed E-state index contributed by atoms with van der Waals surface area (Å²) >= 11 is 0. The van der Waals surface area contributed by atoms with E-state index in [1.807, 2.05) is 24.3 Å². The molecule has 0 saturated carbocycles. The van der Waals surface area contributed by atoms with Gasteiger partial charge in [-0.15, -0.1) is 0 Å². The van der Waals surface area contributed by atoms with Crippen LogP contribution in [0.3, 0.4) is 0 Å². The van der Waals surface area contributed by atoms with Crippen molar-refractivity contribution in [2.75, 3.05) is 37.0 Å². The number of alkyl carbamates (subject to hydrolysis) is 1. The molecule has 0 fully saturated rings. The molecule has 1 aromatic heterocycles. The molecule has 18 heteroatoms. The number of carbonyl (C=O) groups is 3. The van der Waals surface area contributed by atoms with Crippen LogP contribution in [-0.4, -0.2) is 82.2 Å². The Morgan fingerprint density at radius 2 is 1.63 bits per heavy atom. The normalized spacial score (nSPS) is 14.5. The van der Waals surface area contributed by atoms with Gasteiger partial charge in [0.05, 0.1) is 18.8 Å². The van der Waals surface area contributed by atoms with Crippen molar-refractivity contribution in [3.63, 3.8) is 0 Å². The van der Waals surface area contributed by atoms with Gasteiger partial charge < -0.3 is 45.3 Å². The van der Waals surface area contributed by atoms with Crippen molar-refractivity contribution in [1.82, 2.24) is 25.6 Å². The van der Waals surface area contributed by atoms with Crippen LogP contribution in [0.25, 0.3) is 0 Å². The minimum absolute atomic E-state index is 0.0467. The van der Waals surface area contributed by atoms with E-state index in [0.717, 1.165) is 24.8 Å². The molecule has 15 nitrogen and oxygen atoms in total. The lowest BCUT2D eigenvalue weighted by atomic mass is 10.1. The first-order valence-corrected chi connectivity index (χ1v) is 16.1. The molecule has 5 N–H and O–H groups in total. The van der Waals surface area contributed by atoms with Gasteiger partial charge in [-0.25, -0.2) is 9.59 Å². The van der Waals surface area contributed by atoms with Crippen LogP contribution in [0.2, 0.25) is 0 Å². The molecule has 51 heavy (non-hydrogen) atoms. The number of amides is 2. The highest BCUT2D eigenvalue weighted by Crippen LogP contribution is 2.27. The van der Waals surface area contributed by atoms with Crippen LogP contribution < -0.4 is 35.5 Å². The molecule has 0 spiro atoms. The average molecular weight is 720 g/mol. The summed E-state index contributed by atoms with van der Waals surface area (Å²) in [6.45, 7) is 3.70. The maximum atomic E-state index is 13.3. The quantitative estimate of drug-likeness (QED) is 0.214. The molecule has 3 aromatic rings. The van der Waals surface area contributed by atoms with Crippen molar-refractivity contribution in [2.45, 2.75) is 70.8 Å². The molecule has 1 atom stereocenters. The smallest absolute Gasteiger partial charge is 0.422 e. The maximum absolute atomic E-state index is 13.3. The molecule has 1 unspecified atom stereocenters. The van der Waals surface area contributed by atoms with Crippen LogP contribution in [0, 0.1) is 0 Å². The van der Waals surface area contributed by atoms with Gasteiger partial charge in [0, 0.05) is 24.8 Å². The molecule has 3 heterocycles. The average Bonchev–Trinajstić information content (AvgIpc) is 3.05. The van der Waals surface area contributed by atoms with Gasteiger partial charge >= 0.3 is 24.2 Å². The number of hydrogen-bond acceptors (Lipinski definition) is 12. The Morgan fingerprint density at radius 1 is 0.941 bits per heavy atom. The minimum atomic E-state index is -4.64. The number of nitrogens with zero attached hydrogens (tertiary/aromatic N) is 3. The molecule has 0 aliphatic carbocycles. The Balaban J connectivity index is 1.58. The first kappa shape index (κ1) is 38.3. The number of alkyl halides is 3. The SMILES string of the molecule is CC(C)(C)OC(=O)NC(CNC(=O)c1ccc2cc1OCCCCCCOc1ccc(cc1)CNc1nc(nc(OCC(F)(F)F)n1)N2)C(=O)O. The number of carboxylic acid groups (broad SMARTS) is 1. The number of anilines is 3. The van der Waals surface area contributed by atoms with Crippen LogP contribution >= 0.6 is 0 Å². The van der Waals surface area contributed by atoms with Crippen LogP contribution in [0.5, 0.6) is 17.5 Å². The lowest BCUT2D eigenvalue weighted by molar-refractivity contribution is -0.154. The van der Waals surface area contributed by atoms with Crippen molar-refractivity contribution in [2.24, 2.45) is 0 Å². The summed E-state index contributed by atoms with van der Waals surface area (Å²) in [7, 11) is 0. The molecule has 2 aromatic carbocycles. The predicted octanol–water partition coefficient (Wildman–Crippen LogP) is 5.21. The summed E-state index contributed by atoms with van der Waals surface area (Å²) in [6.07, 6.45) is -2.51. The number of carbonyl (C=O) groups excluding carboxylic acids is 2. The number of nitrogens with one attached hydrogen (secondary N) is 4. The second-order valence-electron chi connectivity index (χ2n) is 12.4. The van der Waals surface area contributed by atoms with Gasteiger partial charge in [-0.2, -0.15) is 28.1 Å². The van der Waals surface area contributed by atoms with E-state index in [0.29, 0.717) is 24.5 Å². The van der Waals surface area contributed by atoms with Crippen molar-refractivity contribution >= 4 is 35.6 Å². The van der Waals surface area contributed by atoms with Crippen LogP contribution in [-0.2, 0) is 16.1 Å². The third-order valence-electron chi connectivity index (χ3n) is 6.86. The Morgan fingerprint density at radius 3 is 2.29 bits per heavy atom. The number of rotatable bonds is 7. The molecular formula is C33H40F3N7O8. The van der Waals surface area contributed by atoms with Crippen LogP contribution in [0.15, 0.2) is 42.5 Å². The highest BCUT2D eigenvalue weighted by atomic mass is 19.4. The van der Waals surface area contributed by atoms with E-state index >= 15 is 0 Å². The fourth-order valence-corrected chi connectivity index (χ4v) is 4.49. The molecule has 276 valence electrons. The molecule has 2 aliphatic rings. The number of carboxylic acids is 1. The minimum Gasteiger partial charge on any atom is -0.494 e. The lowest BCUT2D eigenvalue weighted by Crippen LogP contribution is -2.49. The van der Waals surface area contributed by atoms with Gasteiger partial charge in [0.1, 0.15) is 23.1 Å². The van der Waals surface area contributed by atoms with E-state index in [9.17, 15) is 32.7 Å². The van der Waals surface area contributed by atoms with E-state index in [4.69, 9.17) is 18.9 Å². The number of aromatic nitrogens is 3. The first-order valence-electron chi connectivity index (χ1n) is 16.1. The number of hydrogen-bond donors (Lipinski definition) is 5. The van der Waals surface area contributed by atoms with Crippen LogP contribution in [0.1, 0.15) is 62.4 Å². The van der Waals surface area contributed by atoms with E-state index in [-0.39, 0.29) is 36.4 Å². The maximum Gasteiger partial charge on any atom is 0.422 e. The number of fused-ring (bicyclic) bond motifs is 10. The fourth-order valence-electron chi connectivity index (χ4n) is 4.49. The second-order valence-corrected chi connectivity index (χ2v) is 12.4. The summed E-state index contributed by atoms with van der Waals surface area (Å²) in [6, 6.07) is 9.55. The van der Waals surface area contributed by atoms with E-state index in [1.165, 1.54) is 18.2 Å². The van der Waals surface area contributed by atoms with E-state index in [1.54, 1.807) is 20.8 Å². The summed E-state index contributed by atoms with van der Waals surface area (Å²) in [4.78, 5) is 49.4. The zero-order valence-corrected chi connectivity index (χ0v) is 28.3. The monoisotopic (exact) mass is 719 g/mol. The highest BCUT2D eigenvalue weighted by Gasteiger charge is 2.29. The Kier molecular flexibility index (Phi) is 13.1. The van der Waals surface area contributed by atoms with E-state index in [2.05, 4.69) is 36.2 Å². The lowest BCUT2D eigenvalue weighted by Gasteiger charge is -2.22. The second kappa shape index (κ2) is 17.4. The molecular weight excluding hydrogens is 679 g/mol. The van der Waals surface area contributed by atoms with Gasteiger partial charge in [-0.1, -0.05) is 12.1 Å². The van der Waals surface area contributed by atoms with Crippen molar-refractivity contribution in [3.05, 3.63) is 53.6 Å². The third-order valence-corrected chi connectivity index (χ3v) is 6.86. The molecule has 6 bridgehead atoms. The first-order chi connectivity index (χ1) is 24.1. The van der Waals surface area contributed by atoms with Crippen molar-refractivity contribution in [1.29, 1.82) is 0 Å². The number of ether oxygens (including phenoxy) is 4. The number of halogens is 3. The van der Waals surface area contributed by atoms with Crippen LogP contribution in [0.4, 0.5) is 35.5 Å². The summed E-state index contributed by atoms with van der Waals surface area (Å²) in [5, 5.41) is 20.2. The zero-order chi connectivity index (χ0) is 37.0. The Hall–Kier alpha value is -5.55. The van der Waals surface area contributed by atoms with Gasteiger partial charge in [0.2, 0.25) is 11.9 Å². The summed E-state index contributed by atoms with van der Waals surface area (Å²) in [5.41, 5.74) is 0.301. The highest BCUT2D eigenvalue weighted by molar-refractivity contribution is 5.98. The topological polar surface area (TPSA) is 195 Å². The largest absolute Gasteiger partial charge is 0.494 e. The number of benzene rings is 2. The molecule has 2 aliphatic heterocycles. The number of aliphatic carboxylic acids is 1. The zero-order valence-electron chi connectivity index (χ0n) is 28.3. The molecule has 5 rings (SSSR count). The Labute approximate surface area is 291 Å². The Bertz CT molecular complexity index is 1650. The van der Waals surface area contributed by atoms with Gasteiger partial charge in [0.25, 0.3) is 5.91 Å². The van der Waals surface area contributed by atoms with Crippen molar-refractivity contribution in [3.8, 4) is 17.5 Å². The molecule has 0 saturated heterocycles. The predicted molar refractivity (Wildman–Crippen MR) is 177 cm³/mol. The molecule has 2 amide bonds. The third kappa shape index (κ3) is 13.4. The fraction of sp³-hybridized carbons (Fsp3) is 0.455. The van der Waals surface area contributed by atoms with Gasteiger partial charge in [0.15, 0.2) is 6.61 Å². The van der Waals surface area contributed by atoms with Gasteiger partial charge in [-0.3, -0.25) is 4.79 Å². The molecule has 0 radical (unpaired) electrons.